The molecule has 0 aliphatic carbocycles. The minimum absolute atomic E-state index is 0.799. The number of halogens is 1. The third-order valence-electron chi connectivity index (χ3n) is 1.44. The van der Waals surface area contributed by atoms with E-state index in [1.807, 2.05) is 11.8 Å². The molecule has 0 saturated carbocycles. The highest BCUT2D eigenvalue weighted by Gasteiger charge is 1.91. The van der Waals surface area contributed by atoms with Gasteiger partial charge in [0.2, 0.25) is 0 Å². The van der Waals surface area contributed by atoms with Crippen LogP contribution in [0.1, 0.15) is 6.92 Å². The molecule has 0 aliphatic rings. The molecular weight excluding hydrogens is 234 g/mol. The van der Waals surface area contributed by atoms with Gasteiger partial charge in [-0.2, -0.15) is 0 Å². The molecule has 0 fully saturated rings. The number of hydrogen-bond acceptors (Lipinski definition) is 2. The van der Waals surface area contributed by atoms with Gasteiger partial charge in [-0.25, -0.2) is 0 Å². The van der Waals surface area contributed by atoms with Crippen LogP contribution < -0.4 is 5.32 Å². The fraction of sp³-hybridized carbons (Fsp3) is 0.333. The summed E-state index contributed by atoms with van der Waals surface area (Å²) in [6.07, 6.45) is 0. The lowest BCUT2D eigenvalue weighted by molar-refractivity contribution is 1.40. The van der Waals surface area contributed by atoms with Crippen molar-refractivity contribution in [1.29, 1.82) is 0 Å². The lowest BCUT2D eigenvalue weighted by atomic mass is 10.3. The van der Waals surface area contributed by atoms with E-state index < -0.39 is 0 Å². The SMILES string of the molecule is CCSc1ccc(NCBr)cc1. The van der Waals surface area contributed by atoms with Gasteiger partial charge in [-0.15, -0.1) is 11.8 Å². The highest BCUT2D eigenvalue weighted by molar-refractivity contribution is 9.09. The van der Waals surface area contributed by atoms with Crippen LogP contribution in [-0.2, 0) is 0 Å². The van der Waals surface area contributed by atoms with Crippen molar-refractivity contribution in [1.82, 2.24) is 0 Å². The quantitative estimate of drug-likeness (QED) is 0.495. The zero-order valence-electron chi connectivity index (χ0n) is 7.01. The van der Waals surface area contributed by atoms with E-state index in [0.29, 0.717) is 0 Å². The topological polar surface area (TPSA) is 12.0 Å². The van der Waals surface area contributed by atoms with Gasteiger partial charge < -0.3 is 5.32 Å². The molecule has 0 radical (unpaired) electrons. The standard InChI is InChI=1S/C9H12BrNS/c1-2-12-9-5-3-8(4-6-9)11-7-10/h3-6,11H,2,7H2,1H3. The van der Waals surface area contributed by atoms with Crippen molar-refractivity contribution in [2.75, 3.05) is 16.5 Å². The second-order valence-corrected chi connectivity index (χ2v) is 4.17. The summed E-state index contributed by atoms with van der Waals surface area (Å²) >= 11 is 5.18. The summed E-state index contributed by atoms with van der Waals surface area (Å²) in [6, 6.07) is 8.47. The van der Waals surface area contributed by atoms with Crippen LogP contribution in [0, 0.1) is 0 Å². The number of anilines is 1. The van der Waals surface area contributed by atoms with Gasteiger partial charge in [0.05, 0.1) is 5.45 Å². The molecule has 0 saturated heterocycles. The summed E-state index contributed by atoms with van der Waals surface area (Å²) in [5.74, 6) is 1.13. The van der Waals surface area contributed by atoms with Crippen LogP contribution >= 0.6 is 27.7 Å². The number of nitrogens with one attached hydrogen (secondary N) is 1. The van der Waals surface area contributed by atoms with Crippen molar-refractivity contribution < 1.29 is 0 Å². The maximum atomic E-state index is 3.32. The summed E-state index contributed by atoms with van der Waals surface area (Å²) in [6.45, 7) is 2.16. The van der Waals surface area contributed by atoms with E-state index in [1.165, 1.54) is 4.90 Å². The lowest BCUT2D eigenvalue weighted by Crippen LogP contribution is -1.92. The lowest BCUT2D eigenvalue weighted by Gasteiger charge is -2.02. The average molecular weight is 246 g/mol. The van der Waals surface area contributed by atoms with E-state index in [9.17, 15) is 0 Å². The van der Waals surface area contributed by atoms with Gasteiger partial charge in [0.25, 0.3) is 0 Å². The number of alkyl halides is 1. The van der Waals surface area contributed by atoms with E-state index in [1.54, 1.807) is 0 Å². The molecule has 0 spiro atoms. The zero-order chi connectivity index (χ0) is 8.81. The van der Waals surface area contributed by atoms with Crippen LogP contribution in [0.3, 0.4) is 0 Å². The van der Waals surface area contributed by atoms with Crippen molar-refractivity contribution >= 4 is 33.4 Å². The van der Waals surface area contributed by atoms with Crippen LogP contribution in [0.4, 0.5) is 5.69 Å². The Labute approximate surface area is 86.1 Å². The molecule has 1 nitrogen and oxygen atoms in total. The Morgan fingerprint density at radius 2 is 2.00 bits per heavy atom. The van der Waals surface area contributed by atoms with Gasteiger partial charge >= 0.3 is 0 Å². The number of rotatable bonds is 4. The second-order valence-electron chi connectivity index (χ2n) is 2.27. The summed E-state index contributed by atoms with van der Waals surface area (Å²) in [5.41, 5.74) is 1.96. The number of benzene rings is 1. The molecule has 0 atom stereocenters. The van der Waals surface area contributed by atoms with E-state index in [4.69, 9.17) is 0 Å². The van der Waals surface area contributed by atoms with E-state index in [2.05, 4.69) is 52.4 Å². The first-order valence-electron chi connectivity index (χ1n) is 3.89. The van der Waals surface area contributed by atoms with Gasteiger partial charge in [-0.3, -0.25) is 0 Å². The molecule has 1 aromatic carbocycles. The van der Waals surface area contributed by atoms with Crippen LogP contribution in [0.2, 0.25) is 0 Å². The Balaban J connectivity index is 2.58. The Kier molecular flexibility index (Phi) is 4.54. The Morgan fingerprint density at radius 3 is 2.50 bits per heavy atom. The monoisotopic (exact) mass is 245 g/mol. The normalized spacial score (nSPS) is 9.83. The molecule has 1 rings (SSSR count). The summed E-state index contributed by atoms with van der Waals surface area (Å²) < 4.78 is 0. The van der Waals surface area contributed by atoms with Crippen LogP contribution in [0.25, 0.3) is 0 Å². The largest absolute Gasteiger partial charge is 0.375 e. The second kappa shape index (κ2) is 5.49. The van der Waals surface area contributed by atoms with E-state index in [-0.39, 0.29) is 0 Å². The smallest absolute Gasteiger partial charge is 0.0707 e. The average Bonchev–Trinajstić information content (AvgIpc) is 2.09. The van der Waals surface area contributed by atoms with Crippen molar-refractivity contribution in [2.45, 2.75) is 11.8 Å². The van der Waals surface area contributed by atoms with Gasteiger partial charge in [-0.1, -0.05) is 22.9 Å². The Morgan fingerprint density at radius 1 is 1.33 bits per heavy atom. The molecule has 0 aromatic heterocycles. The number of hydrogen-bond donors (Lipinski definition) is 1. The molecule has 0 bridgehead atoms. The zero-order valence-corrected chi connectivity index (χ0v) is 9.41. The van der Waals surface area contributed by atoms with Gasteiger partial charge in [0, 0.05) is 10.6 Å². The third kappa shape index (κ3) is 3.07. The number of thioether (sulfide) groups is 1. The van der Waals surface area contributed by atoms with Crippen molar-refractivity contribution in [3.05, 3.63) is 24.3 Å². The first-order chi connectivity index (χ1) is 5.86. The molecule has 3 heteroatoms. The summed E-state index contributed by atoms with van der Waals surface area (Å²) in [7, 11) is 0. The van der Waals surface area contributed by atoms with E-state index in [0.717, 1.165) is 16.9 Å². The fourth-order valence-electron chi connectivity index (χ4n) is 0.913. The highest BCUT2D eigenvalue weighted by Crippen LogP contribution is 2.19. The minimum Gasteiger partial charge on any atom is -0.375 e. The maximum absolute atomic E-state index is 3.32. The molecule has 1 N–H and O–H groups in total. The third-order valence-corrected chi connectivity index (χ3v) is 2.61. The minimum atomic E-state index is 0.799. The Hall–Kier alpha value is -0.150. The Bertz CT molecular complexity index is 197. The molecule has 0 aliphatic heterocycles. The van der Waals surface area contributed by atoms with Gasteiger partial charge in [-0.05, 0) is 30.0 Å². The first-order valence-corrected chi connectivity index (χ1v) is 6.00. The van der Waals surface area contributed by atoms with Crippen LogP contribution in [0.5, 0.6) is 0 Å². The summed E-state index contributed by atoms with van der Waals surface area (Å²) in [5, 5.41) is 3.18. The van der Waals surface area contributed by atoms with Crippen molar-refractivity contribution in [2.24, 2.45) is 0 Å². The molecule has 0 heterocycles. The molecular formula is C9H12BrNS. The predicted octanol–water partition coefficient (Wildman–Crippen LogP) is 3.56. The molecule has 1 aromatic rings. The molecule has 0 unspecified atom stereocenters. The highest BCUT2D eigenvalue weighted by atomic mass is 79.9. The van der Waals surface area contributed by atoms with Crippen molar-refractivity contribution in [3.63, 3.8) is 0 Å². The molecule has 0 amide bonds. The van der Waals surface area contributed by atoms with Crippen LogP contribution in [0.15, 0.2) is 29.2 Å². The summed E-state index contributed by atoms with van der Waals surface area (Å²) in [4.78, 5) is 1.33. The maximum Gasteiger partial charge on any atom is 0.0707 e. The first kappa shape index (κ1) is 9.93. The van der Waals surface area contributed by atoms with Crippen LogP contribution in [-0.4, -0.2) is 11.2 Å². The van der Waals surface area contributed by atoms with Crippen molar-refractivity contribution in [3.8, 4) is 0 Å². The van der Waals surface area contributed by atoms with Gasteiger partial charge in [0.15, 0.2) is 0 Å². The van der Waals surface area contributed by atoms with E-state index >= 15 is 0 Å². The predicted molar refractivity (Wildman–Crippen MR) is 60.3 cm³/mol. The van der Waals surface area contributed by atoms with Gasteiger partial charge in [0.1, 0.15) is 0 Å². The molecule has 12 heavy (non-hydrogen) atoms. The fourth-order valence-corrected chi connectivity index (χ4v) is 1.90. The molecule has 66 valence electrons.